The van der Waals surface area contributed by atoms with Crippen LogP contribution in [0.4, 0.5) is 0 Å². The van der Waals surface area contributed by atoms with Gasteiger partial charge in [0, 0.05) is 6.54 Å². The number of rotatable bonds is 7. The Bertz CT molecular complexity index is 783. The molecule has 1 saturated carbocycles. The highest BCUT2D eigenvalue weighted by molar-refractivity contribution is 5.79. The molecule has 1 aromatic rings. The van der Waals surface area contributed by atoms with Gasteiger partial charge < -0.3 is 9.57 Å². The molecule has 3 rings (SSSR count). The van der Waals surface area contributed by atoms with Gasteiger partial charge in [-0.25, -0.2) is 5.06 Å². The molecule has 2 fully saturated rings. The fraction of sp³-hybridized carbons (Fsp3) is 0.680. The zero-order valence-corrected chi connectivity index (χ0v) is 20.2. The van der Waals surface area contributed by atoms with Crippen LogP contribution < -0.4 is 0 Å². The van der Waals surface area contributed by atoms with Gasteiger partial charge >= 0.3 is 5.97 Å². The minimum absolute atomic E-state index is 0.00474. The summed E-state index contributed by atoms with van der Waals surface area (Å²) in [6, 6.07) is 4.22. The molecule has 2 unspecified atom stereocenters. The molecule has 1 aliphatic carbocycles. The topological polar surface area (TPSA) is 68.3 Å². The monoisotopic (exact) mass is 446 g/mol. The second-order valence-electron chi connectivity index (χ2n) is 9.19. The lowest BCUT2D eigenvalue weighted by molar-refractivity contribution is -0.304. The number of nitrogens with zero attached hydrogens (tertiary/aromatic N) is 2. The highest BCUT2D eigenvalue weighted by Crippen LogP contribution is 2.30. The molecule has 2 aliphatic rings. The molecule has 178 valence electrons. The van der Waals surface area contributed by atoms with Gasteiger partial charge in [-0.3, -0.25) is 14.4 Å². The molecule has 32 heavy (non-hydrogen) atoms. The fourth-order valence-corrected chi connectivity index (χ4v) is 5.07. The van der Waals surface area contributed by atoms with Crippen LogP contribution in [0.2, 0.25) is 0 Å². The maximum Gasteiger partial charge on any atom is 0.308 e. The summed E-state index contributed by atoms with van der Waals surface area (Å²) in [5, 5.41) is 3.27. The Morgan fingerprint density at radius 1 is 1.03 bits per heavy atom. The van der Waals surface area contributed by atoms with Crippen LogP contribution in [0.3, 0.4) is 0 Å². The number of piperidine rings is 1. The molecule has 0 spiro atoms. The number of ether oxygens (including phenoxy) is 1. The van der Waals surface area contributed by atoms with E-state index in [2.05, 4.69) is 19.1 Å². The van der Waals surface area contributed by atoms with E-state index < -0.39 is 6.17 Å². The van der Waals surface area contributed by atoms with Crippen molar-refractivity contribution in [2.24, 2.45) is 5.92 Å². The number of hydroxylamine groups is 4. The summed E-state index contributed by atoms with van der Waals surface area (Å²) in [7, 11) is 3.01. The number of carbonyl (C=O) groups excluding carboxylic acids is 2. The molecular formula is C25H38N2O5. The van der Waals surface area contributed by atoms with E-state index in [0.717, 1.165) is 42.4 Å². The molecule has 1 amide bonds. The van der Waals surface area contributed by atoms with Gasteiger partial charge in [0.1, 0.15) is 6.17 Å². The molecule has 7 heteroatoms. The van der Waals surface area contributed by atoms with Gasteiger partial charge in [-0.15, -0.1) is 0 Å². The lowest BCUT2D eigenvalue weighted by atomic mass is 9.94. The second-order valence-corrected chi connectivity index (χ2v) is 9.19. The minimum atomic E-state index is -0.474. The van der Waals surface area contributed by atoms with Crippen LogP contribution >= 0.6 is 0 Å². The highest BCUT2D eigenvalue weighted by atomic mass is 16.7. The third-order valence-electron chi connectivity index (χ3n) is 6.79. The smallest absolute Gasteiger partial charge is 0.308 e. The molecule has 0 radical (unpaired) electrons. The number of hydrogen-bond donors (Lipinski definition) is 0. The Kier molecular flexibility index (Phi) is 8.68. The average molecular weight is 447 g/mol. The lowest BCUT2D eigenvalue weighted by Crippen LogP contribution is -2.56. The first-order valence-electron chi connectivity index (χ1n) is 11.8. The first kappa shape index (κ1) is 24.7. The molecule has 7 nitrogen and oxygen atoms in total. The van der Waals surface area contributed by atoms with Crippen LogP contribution in [0.5, 0.6) is 0 Å². The van der Waals surface area contributed by atoms with Crippen LogP contribution in [-0.2, 0) is 30.4 Å². The van der Waals surface area contributed by atoms with E-state index in [1.165, 1.54) is 24.2 Å². The van der Waals surface area contributed by atoms with Crippen molar-refractivity contribution in [1.29, 1.82) is 0 Å². The van der Waals surface area contributed by atoms with Gasteiger partial charge in [0.2, 0.25) is 0 Å². The molecular weight excluding hydrogens is 408 g/mol. The van der Waals surface area contributed by atoms with E-state index in [-0.39, 0.29) is 30.3 Å². The van der Waals surface area contributed by atoms with Crippen molar-refractivity contribution in [3.63, 3.8) is 0 Å². The number of benzene rings is 1. The van der Waals surface area contributed by atoms with Gasteiger partial charge in [-0.2, -0.15) is 5.06 Å². The normalized spacial score (nSPS) is 22.5. The lowest BCUT2D eigenvalue weighted by Gasteiger charge is -2.43. The summed E-state index contributed by atoms with van der Waals surface area (Å²) in [5.74, 6) is -0.645. The van der Waals surface area contributed by atoms with Gasteiger partial charge in [0.05, 0.1) is 32.7 Å². The van der Waals surface area contributed by atoms with Crippen molar-refractivity contribution < 1.29 is 24.0 Å². The van der Waals surface area contributed by atoms with Crippen molar-refractivity contribution in [2.45, 2.75) is 84.4 Å². The van der Waals surface area contributed by atoms with E-state index in [0.29, 0.717) is 19.4 Å². The number of methoxy groups -OCH3 is 1. The largest absolute Gasteiger partial charge is 0.469 e. The first-order chi connectivity index (χ1) is 15.3. The molecule has 0 N–H and O–H groups in total. The van der Waals surface area contributed by atoms with E-state index in [1.54, 1.807) is 12.2 Å². The van der Waals surface area contributed by atoms with Gasteiger partial charge in [-0.1, -0.05) is 37.0 Å². The Morgan fingerprint density at radius 3 is 2.28 bits per heavy atom. The van der Waals surface area contributed by atoms with E-state index >= 15 is 0 Å². The summed E-state index contributed by atoms with van der Waals surface area (Å²) in [6.07, 6.45) is 6.11. The van der Waals surface area contributed by atoms with Crippen LogP contribution in [-0.4, -0.2) is 55.0 Å². The van der Waals surface area contributed by atoms with E-state index in [4.69, 9.17) is 14.4 Å². The maximum atomic E-state index is 13.7. The van der Waals surface area contributed by atoms with Crippen LogP contribution in [0.25, 0.3) is 0 Å². The molecule has 1 aromatic carbocycles. The fourth-order valence-electron chi connectivity index (χ4n) is 5.07. The first-order valence-corrected chi connectivity index (χ1v) is 11.8. The SMILES string of the molecule is COC(=O)C1CCN(OC)C(N(OC2CCCCC2)C(=O)Cc2c(C)cc(C)cc2C)C1. The number of esters is 1. The zero-order chi connectivity index (χ0) is 23.3. The van der Waals surface area contributed by atoms with Crippen molar-refractivity contribution in [3.8, 4) is 0 Å². The van der Waals surface area contributed by atoms with Gasteiger partial charge in [-0.05, 0) is 63.1 Å². The number of carbonyl (C=O) groups is 2. The zero-order valence-electron chi connectivity index (χ0n) is 20.2. The van der Waals surface area contributed by atoms with Crippen molar-refractivity contribution in [2.75, 3.05) is 20.8 Å². The molecule has 1 heterocycles. The predicted molar refractivity (Wildman–Crippen MR) is 121 cm³/mol. The third kappa shape index (κ3) is 5.88. The molecule has 0 bridgehead atoms. The summed E-state index contributed by atoms with van der Waals surface area (Å²) < 4.78 is 4.99. The molecule has 2 atom stereocenters. The summed E-state index contributed by atoms with van der Waals surface area (Å²) in [6.45, 7) is 6.69. The van der Waals surface area contributed by atoms with E-state index in [9.17, 15) is 9.59 Å². The minimum Gasteiger partial charge on any atom is -0.469 e. The Morgan fingerprint density at radius 2 is 1.69 bits per heavy atom. The van der Waals surface area contributed by atoms with Crippen LogP contribution in [0.15, 0.2) is 12.1 Å². The number of amides is 1. The average Bonchev–Trinajstić information content (AvgIpc) is 2.79. The quantitative estimate of drug-likeness (QED) is 0.466. The summed E-state index contributed by atoms with van der Waals surface area (Å²) in [4.78, 5) is 37.9. The standard InChI is InChI=1S/C25H38N2O5/c1-17-13-18(2)22(19(3)14-17)16-24(28)27(32-21-9-7-6-8-10-21)23-15-20(25(29)30-4)11-12-26(23)31-5/h13-14,20-21,23H,6-12,15-16H2,1-5H3. The van der Waals surface area contributed by atoms with Crippen molar-refractivity contribution in [1.82, 2.24) is 10.1 Å². The molecule has 1 saturated heterocycles. The van der Waals surface area contributed by atoms with E-state index in [1.807, 2.05) is 13.8 Å². The van der Waals surface area contributed by atoms with Gasteiger partial charge in [0.15, 0.2) is 0 Å². The van der Waals surface area contributed by atoms with Crippen molar-refractivity contribution >= 4 is 11.9 Å². The van der Waals surface area contributed by atoms with Crippen LogP contribution in [0.1, 0.15) is 67.2 Å². The highest BCUT2D eigenvalue weighted by Gasteiger charge is 2.40. The Hall–Kier alpha value is -1.96. The Balaban J connectivity index is 1.87. The summed E-state index contributed by atoms with van der Waals surface area (Å²) in [5.41, 5.74) is 4.42. The Labute approximate surface area is 191 Å². The maximum absolute atomic E-state index is 13.7. The number of hydrogen-bond acceptors (Lipinski definition) is 6. The van der Waals surface area contributed by atoms with Crippen molar-refractivity contribution in [3.05, 3.63) is 34.4 Å². The second kappa shape index (κ2) is 11.3. The predicted octanol–water partition coefficient (Wildman–Crippen LogP) is 4.02. The third-order valence-corrected chi connectivity index (χ3v) is 6.79. The summed E-state index contributed by atoms with van der Waals surface area (Å²) >= 11 is 0. The number of aryl methyl sites for hydroxylation is 3. The molecule has 0 aromatic heterocycles. The molecule has 1 aliphatic heterocycles. The van der Waals surface area contributed by atoms with Gasteiger partial charge in [0.25, 0.3) is 5.91 Å². The van der Waals surface area contributed by atoms with Crippen LogP contribution in [0, 0.1) is 26.7 Å².